The molecule has 0 saturated carbocycles. The first-order valence-electron chi connectivity index (χ1n) is 8.86. The summed E-state index contributed by atoms with van der Waals surface area (Å²) in [6.45, 7) is 10.1. The third-order valence-electron chi connectivity index (χ3n) is 4.27. The van der Waals surface area contributed by atoms with Gasteiger partial charge in [0.15, 0.2) is 11.0 Å². The number of furan rings is 1. The summed E-state index contributed by atoms with van der Waals surface area (Å²) in [7, 11) is 0. The average Bonchev–Trinajstić information content (AvgIpc) is 3.21. The molecule has 3 rings (SSSR count). The van der Waals surface area contributed by atoms with E-state index in [9.17, 15) is 4.79 Å². The molecule has 1 amide bonds. The molecule has 2 aromatic heterocycles. The topological polar surface area (TPSA) is 73.0 Å². The summed E-state index contributed by atoms with van der Waals surface area (Å²) in [5.74, 6) is 1.76. The number of carbonyl (C=O) groups excluding carboxylic acids is 1. The number of hydrogen-bond acceptors (Lipinski definition) is 5. The van der Waals surface area contributed by atoms with Crippen LogP contribution in [0.4, 0.5) is 5.69 Å². The maximum atomic E-state index is 12.4. The second-order valence-corrected chi connectivity index (χ2v) is 7.76. The van der Waals surface area contributed by atoms with Crippen LogP contribution in [0.3, 0.4) is 0 Å². The van der Waals surface area contributed by atoms with E-state index in [1.165, 1.54) is 17.3 Å². The molecule has 0 unspecified atom stereocenters. The first-order valence-corrected chi connectivity index (χ1v) is 9.84. The van der Waals surface area contributed by atoms with Crippen LogP contribution in [0, 0.1) is 20.8 Å². The van der Waals surface area contributed by atoms with Crippen molar-refractivity contribution in [2.75, 3.05) is 11.1 Å². The van der Waals surface area contributed by atoms with E-state index in [-0.39, 0.29) is 17.7 Å². The Labute approximate surface area is 163 Å². The Hall–Kier alpha value is -2.54. The summed E-state index contributed by atoms with van der Waals surface area (Å²) < 4.78 is 7.43. The largest absolute Gasteiger partial charge is 0.469 e. The Morgan fingerprint density at radius 3 is 2.63 bits per heavy atom. The molecule has 0 aliphatic carbocycles. The first-order chi connectivity index (χ1) is 12.9. The highest BCUT2D eigenvalue weighted by atomic mass is 32.2. The molecule has 3 aromatic rings. The third-order valence-corrected chi connectivity index (χ3v) is 5.21. The predicted molar refractivity (Wildman–Crippen MR) is 108 cm³/mol. The molecule has 1 N–H and O–H groups in total. The number of aromatic nitrogens is 3. The van der Waals surface area contributed by atoms with Crippen molar-refractivity contribution in [3.05, 3.63) is 47.4 Å². The Morgan fingerprint density at radius 2 is 2.00 bits per heavy atom. The van der Waals surface area contributed by atoms with Gasteiger partial charge in [0.05, 0.1) is 17.6 Å². The fourth-order valence-corrected chi connectivity index (χ4v) is 3.78. The molecular weight excluding hydrogens is 360 g/mol. The highest BCUT2D eigenvalue weighted by Gasteiger charge is 2.20. The molecule has 0 aliphatic heterocycles. The fraction of sp³-hybridized carbons (Fsp3) is 0.350. The standard InChI is InChI=1S/C20H24N4O2S/c1-12(2)24-19(16-8-9-26-15(16)5)22-23-20(24)27-11-18(25)21-17-7-6-13(3)10-14(17)4/h6-10,12H,11H2,1-5H3,(H,21,25). The monoisotopic (exact) mass is 384 g/mol. The van der Waals surface area contributed by atoms with Crippen LogP contribution in [0.1, 0.15) is 36.8 Å². The van der Waals surface area contributed by atoms with Gasteiger partial charge in [-0.25, -0.2) is 0 Å². The number of carbonyl (C=O) groups is 1. The molecule has 6 nitrogen and oxygen atoms in total. The Balaban J connectivity index is 1.73. The summed E-state index contributed by atoms with van der Waals surface area (Å²) >= 11 is 1.38. The molecule has 0 spiro atoms. The SMILES string of the molecule is Cc1ccc(NC(=O)CSc2nnc(-c3ccoc3C)n2C(C)C)c(C)c1. The molecule has 0 saturated heterocycles. The van der Waals surface area contributed by atoms with Crippen molar-refractivity contribution in [2.45, 2.75) is 45.8 Å². The molecule has 0 bridgehead atoms. The maximum Gasteiger partial charge on any atom is 0.234 e. The minimum atomic E-state index is -0.0636. The number of benzene rings is 1. The third kappa shape index (κ3) is 4.24. The maximum absolute atomic E-state index is 12.4. The highest BCUT2D eigenvalue weighted by molar-refractivity contribution is 7.99. The van der Waals surface area contributed by atoms with Crippen LogP contribution in [-0.2, 0) is 4.79 Å². The molecule has 142 valence electrons. The number of thioether (sulfide) groups is 1. The van der Waals surface area contributed by atoms with Gasteiger partial charge in [0.25, 0.3) is 0 Å². The molecule has 1 aromatic carbocycles. The lowest BCUT2D eigenvalue weighted by molar-refractivity contribution is -0.113. The van der Waals surface area contributed by atoms with Crippen molar-refractivity contribution in [2.24, 2.45) is 0 Å². The number of aryl methyl sites for hydroxylation is 3. The van der Waals surface area contributed by atoms with Crippen LogP contribution >= 0.6 is 11.8 Å². The lowest BCUT2D eigenvalue weighted by atomic mass is 10.1. The number of rotatable bonds is 6. The van der Waals surface area contributed by atoms with Crippen LogP contribution in [0.25, 0.3) is 11.4 Å². The van der Waals surface area contributed by atoms with Crippen LogP contribution < -0.4 is 5.32 Å². The molecule has 0 radical (unpaired) electrons. The highest BCUT2D eigenvalue weighted by Crippen LogP contribution is 2.30. The van der Waals surface area contributed by atoms with Gasteiger partial charge in [-0.05, 0) is 52.3 Å². The normalized spacial score (nSPS) is 11.2. The van der Waals surface area contributed by atoms with Gasteiger partial charge in [-0.1, -0.05) is 29.5 Å². The number of anilines is 1. The van der Waals surface area contributed by atoms with E-state index in [2.05, 4.69) is 35.4 Å². The van der Waals surface area contributed by atoms with Crippen molar-refractivity contribution in [3.63, 3.8) is 0 Å². The van der Waals surface area contributed by atoms with E-state index in [1.807, 2.05) is 43.5 Å². The summed E-state index contributed by atoms with van der Waals surface area (Å²) in [6.07, 6.45) is 1.65. The molecule has 0 aliphatic rings. The van der Waals surface area contributed by atoms with Crippen molar-refractivity contribution in [1.29, 1.82) is 0 Å². The van der Waals surface area contributed by atoms with E-state index in [4.69, 9.17) is 4.42 Å². The summed E-state index contributed by atoms with van der Waals surface area (Å²) in [5, 5.41) is 12.3. The van der Waals surface area contributed by atoms with Crippen LogP contribution in [0.5, 0.6) is 0 Å². The smallest absolute Gasteiger partial charge is 0.234 e. The van der Waals surface area contributed by atoms with E-state index >= 15 is 0 Å². The summed E-state index contributed by atoms with van der Waals surface area (Å²) in [6, 6.07) is 8.03. The van der Waals surface area contributed by atoms with Gasteiger partial charge in [-0.3, -0.25) is 9.36 Å². The van der Waals surface area contributed by atoms with Crippen molar-refractivity contribution in [3.8, 4) is 11.4 Å². The molecule has 7 heteroatoms. The van der Waals surface area contributed by atoms with Gasteiger partial charge in [0.1, 0.15) is 5.76 Å². The van der Waals surface area contributed by atoms with Gasteiger partial charge < -0.3 is 9.73 Å². The summed E-state index contributed by atoms with van der Waals surface area (Å²) in [4.78, 5) is 12.4. The number of amides is 1. The van der Waals surface area contributed by atoms with Crippen LogP contribution in [0.15, 0.2) is 40.1 Å². The van der Waals surface area contributed by atoms with E-state index < -0.39 is 0 Å². The van der Waals surface area contributed by atoms with Gasteiger partial charge in [-0.15, -0.1) is 10.2 Å². The number of nitrogens with one attached hydrogen (secondary N) is 1. The molecule has 2 heterocycles. The Morgan fingerprint density at radius 1 is 1.22 bits per heavy atom. The van der Waals surface area contributed by atoms with Crippen molar-refractivity contribution in [1.82, 2.24) is 14.8 Å². The van der Waals surface area contributed by atoms with Crippen LogP contribution in [-0.4, -0.2) is 26.4 Å². The van der Waals surface area contributed by atoms with Gasteiger partial charge in [0.2, 0.25) is 5.91 Å². The Bertz CT molecular complexity index is 959. The second kappa shape index (κ2) is 8.00. The van der Waals surface area contributed by atoms with E-state index in [1.54, 1.807) is 6.26 Å². The average molecular weight is 385 g/mol. The van der Waals surface area contributed by atoms with Gasteiger partial charge >= 0.3 is 0 Å². The molecule has 0 atom stereocenters. The van der Waals surface area contributed by atoms with Crippen molar-refractivity contribution < 1.29 is 9.21 Å². The minimum absolute atomic E-state index is 0.0636. The predicted octanol–water partition coefficient (Wildman–Crippen LogP) is 4.78. The Kier molecular flexibility index (Phi) is 5.70. The lowest BCUT2D eigenvalue weighted by Crippen LogP contribution is -2.15. The molecule has 27 heavy (non-hydrogen) atoms. The zero-order chi connectivity index (χ0) is 19.6. The molecule has 0 fully saturated rings. The van der Waals surface area contributed by atoms with Gasteiger partial charge in [0, 0.05) is 11.7 Å². The number of hydrogen-bond donors (Lipinski definition) is 1. The quantitative estimate of drug-likeness (QED) is 0.620. The zero-order valence-electron chi connectivity index (χ0n) is 16.2. The van der Waals surface area contributed by atoms with Gasteiger partial charge in [-0.2, -0.15) is 0 Å². The second-order valence-electron chi connectivity index (χ2n) is 6.82. The van der Waals surface area contributed by atoms with Crippen molar-refractivity contribution >= 4 is 23.4 Å². The fourth-order valence-electron chi connectivity index (χ4n) is 2.91. The lowest BCUT2D eigenvalue weighted by Gasteiger charge is -2.13. The zero-order valence-corrected chi connectivity index (χ0v) is 17.1. The van der Waals surface area contributed by atoms with E-state index in [0.717, 1.165) is 33.6 Å². The first kappa shape index (κ1) is 19.2. The van der Waals surface area contributed by atoms with Crippen LogP contribution in [0.2, 0.25) is 0 Å². The minimum Gasteiger partial charge on any atom is -0.469 e. The summed E-state index contributed by atoms with van der Waals surface area (Å²) in [5.41, 5.74) is 3.98. The number of nitrogens with zero attached hydrogens (tertiary/aromatic N) is 3. The van der Waals surface area contributed by atoms with E-state index in [0.29, 0.717) is 0 Å². The molecular formula is C20H24N4O2S.